The topological polar surface area (TPSA) is 74.5 Å². The molecule has 2 aromatic heterocycles. The van der Waals surface area contributed by atoms with E-state index in [0.29, 0.717) is 23.5 Å². The van der Waals surface area contributed by atoms with Gasteiger partial charge in [-0.3, -0.25) is 9.69 Å². The van der Waals surface area contributed by atoms with Crippen molar-refractivity contribution in [1.82, 2.24) is 29.1 Å². The van der Waals surface area contributed by atoms with Gasteiger partial charge in [-0.25, -0.2) is 14.3 Å². The van der Waals surface area contributed by atoms with Crippen LogP contribution >= 0.6 is 0 Å². The summed E-state index contributed by atoms with van der Waals surface area (Å²) in [4.78, 5) is 29.9. The molecule has 1 saturated heterocycles. The van der Waals surface area contributed by atoms with Crippen LogP contribution in [0.4, 0.5) is 17.3 Å². The van der Waals surface area contributed by atoms with Crippen molar-refractivity contribution in [3.8, 4) is 5.69 Å². The van der Waals surface area contributed by atoms with Gasteiger partial charge in [0.25, 0.3) is 5.56 Å². The minimum atomic E-state index is -0.138. The predicted octanol–water partition coefficient (Wildman–Crippen LogP) is 4.17. The van der Waals surface area contributed by atoms with E-state index in [2.05, 4.69) is 68.8 Å². The fourth-order valence-electron chi connectivity index (χ4n) is 5.77. The van der Waals surface area contributed by atoms with Crippen molar-refractivity contribution < 1.29 is 0 Å². The smallest absolute Gasteiger partial charge is 0.278 e. The molecular formula is C31H38N8O. The van der Waals surface area contributed by atoms with E-state index >= 15 is 0 Å². The van der Waals surface area contributed by atoms with E-state index in [1.54, 1.807) is 17.0 Å². The van der Waals surface area contributed by atoms with Gasteiger partial charge in [-0.1, -0.05) is 18.2 Å². The summed E-state index contributed by atoms with van der Waals surface area (Å²) in [6.07, 6.45) is 6.08. The Hall–Kier alpha value is -3.95. The number of rotatable bonds is 9. The molecule has 0 atom stereocenters. The fraction of sp³-hybridized carbons (Fsp3) is 0.387. The van der Waals surface area contributed by atoms with Crippen molar-refractivity contribution in [2.45, 2.75) is 38.9 Å². The Kier molecular flexibility index (Phi) is 7.16. The molecule has 1 saturated carbocycles. The Labute approximate surface area is 235 Å². The number of piperazine rings is 1. The van der Waals surface area contributed by atoms with Crippen LogP contribution in [0, 0.1) is 6.92 Å². The van der Waals surface area contributed by atoms with E-state index in [9.17, 15) is 4.79 Å². The average Bonchev–Trinajstić information content (AvgIpc) is 3.75. The molecule has 0 bridgehead atoms. The third-order valence-electron chi connectivity index (χ3n) is 7.80. The number of anilines is 3. The Balaban J connectivity index is 1.29. The highest BCUT2D eigenvalue weighted by Gasteiger charge is 2.31. The van der Waals surface area contributed by atoms with E-state index < -0.39 is 0 Å². The Morgan fingerprint density at radius 2 is 1.90 bits per heavy atom. The van der Waals surface area contributed by atoms with Crippen LogP contribution < -0.4 is 15.8 Å². The molecule has 2 fully saturated rings. The van der Waals surface area contributed by atoms with Crippen molar-refractivity contribution in [2.75, 3.05) is 50.5 Å². The van der Waals surface area contributed by atoms with Gasteiger partial charge in [-0.15, -0.1) is 6.58 Å². The molecule has 1 aliphatic heterocycles. The summed E-state index contributed by atoms with van der Waals surface area (Å²) in [5.41, 5.74) is 5.88. The van der Waals surface area contributed by atoms with Gasteiger partial charge < -0.3 is 15.1 Å². The molecule has 6 rings (SSSR count). The first-order valence-electron chi connectivity index (χ1n) is 14.1. The van der Waals surface area contributed by atoms with E-state index in [1.807, 2.05) is 30.9 Å². The second-order valence-corrected chi connectivity index (χ2v) is 11.2. The minimum Gasteiger partial charge on any atom is -0.369 e. The summed E-state index contributed by atoms with van der Waals surface area (Å²) in [6, 6.07) is 15.5. The lowest BCUT2D eigenvalue weighted by atomic mass is 10.1. The van der Waals surface area contributed by atoms with Gasteiger partial charge in [0, 0.05) is 56.3 Å². The minimum absolute atomic E-state index is 0.138. The second-order valence-electron chi connectivity index (χ2n) is 11.2. The lowest BCUT2D eigenvalue weighted by molar-refractivity contribution is 0.248. The molecule has 208 valence electrons. The zero-order valence-corrected chi connectivity index (χ0v) is 23.7. The first kappa shape index (κ1) is 26.3. The molecule has 0 radical (unpaired) electrons. The molecule has 1 aliphatic carbocycles. The molecule has 0 amide bonds. The highest BCUT2D eigenvalue weighted by molar-refractivity contribution is 5.77. The Morgan fingerprint density at radius 1 is 1.10 bits per heavy atom. The van der Waals surface area contributed by atoms with Crippen LogP contribution in [0.2, 0.25) is 0 Å². The number of aryl methyl sites for hydroxylation is 1. The number of benzene rings is 2. The van der Waals surface area contributed by atoms with Crippen LogP contribution in [0.5, 0.6) is 0 Å². The SMILES string of the molecule is C=CCn1c(=O)c2cnc(Nc3ccc(N4CCN(C5CC5)CC4)c(C)c3)nc2n1-c1cccc(CN(C)C)c1. The van der Waals surface area contributed by atoms with Crippen molar-refractivity contribution in [1.29, 1.82) is 0 Å². The van der Waals surface area contributed by atoms with E-state index in [4.69, 9.17) is 4.98 Å². The molecule has 2 aliphatic rings. The Bertz CT molecular complexity index is 1590. The third-order valence-corrected chi connectivity index (χ3v) is 7.80. The van der Waals surface area contributed by atoms with Crippen LogP contribution in [0.15, 0.2) is 66.1 Å². The number of hydrogen-bond acceptors (Lipinski definition) is 7. The van der Waals surface area contributed by atoms with Crippen LogP contribution in [0.25, 0.3) is 16.7 Å². The van der Waals surface area contributed by atoms with Crippen LogP contribution in [-0.2, 0) is 13.1 Å². The monoisotopic (exact) mass is 538 g/mol. The first-order chi connectivity index (χ1) is 19.4. The molecule has 1 N–H and O–H groups in total. The van der Waals surface area contributed by atoms with Crippen LogP contribution in [-0.4, -0.2) is 75.4 Å². The molecule has 40 heavy (non-hydrogen) atoms. The lowest BCUT2D eigenvalue weighted by Crippen LogP contribution is -2.47. The highest BCUT2D eigenvalue weighted by atomic mass is 16.1. The van der Waals surface area contributed by atoms with Gasteiger partial charge in [-0.05, 0) is 75.3 Å². The molecular weight excluding hydrogens is 500 g/mol. The van der Waals surface area contributed by atoms with Gasteiger partial charge in [0.05, 0.1) is 12.2 Å². The quantitative estimate of drug-likeness (QED) is 0.321. The summed E-state index contributed by atoms with van der Waals surface area (Å²) in [5.74, 6) is 0.451. The summed E-state index contributed by atoms with van der Waals surface area (Å²) in [7, 11) is 4.08. The molecule has 2 aromatic carbocycles. The number of nitrogens with zero attached hydrogens (tertiary/aromatic N) is 7. The number of fused-ring (bicyclic) bond motifs is 1. The largest absolute Gasteiger partial charge is 0.369 e. The number of nitrogens with one attached hydrogen (secondary N) is 1. The molecule has 0 unspecified atom stereocenters. The van der Waals surface area contributed by atoms with E-state index in [0.717, 1.165) is 55.7 Å². The maximum Gasteiger partial charge on any atom is 0.278 e. The third kappa shape index (κ3) is 5.26. The normalized spacial score (nSPS) is 16.1. The van der Waals surface area contributed by atoms with Gasteiger partial charge in [0.15, 0.2) is 5.65 Å². The summed E-state index contributed by atoms with van der Waals surface area (Å²) in [5, 5.41) is 3.85. The second kappa shape index (κ2) is 10.9. The molecule has 4 aromatic rings. The van der Waals surface area contributed by atoms with Crippen LogP contribution in [0.1, 0.15) is 24.0 Å². The standard InChI is InChI=1S/C31H38N8O/c1-5-13-38-30(40)27-20-32-31(34-29(27)39(38)26-8-6-7-23(19-26)21-35(3)4)33-24-9-12-28(22(2)18-24)37-16-14-36(15-17-37)25-10-11-25/h5-9,12,18-20,25H,1,10-11,13-17,21H2,2-4H3,(H,32,33,34). The Morgan fingerprint density at radius 3 is 2.60 bits per heavy atom. The summed E-state index contributed by atoms with van der Waals surface area (Å²) < 4.78 is 3.54. The zero-order valence-electron chi connectivity index (χ0n) is 23.7. The van der Waals surface area contributed by atoms with E-state index in [-0.39, 0.29) is 5.56 Å². The van der Waals surface area contributed by atoms with Gasteiger partial charge in [-0.2, -0.15) is 4.98 Å². The fourth-order valence-corrected chi connectivity index (χ4v) is 5.77. The predicted molar refractivity (Wildman–Crippen MR) is 162 cm³/mol. The van der Waals surface area contributed by atoms with Crippen molar-refractivity contribution in [3.05, 3.63) is 82.8 Å². The molecule has 0 spiro atoms. The molecule has 3 heterocycles. The maximum absolute atomic E-state index is 13.3. The summed E-state index contributed by atoms with van der Waals surface area (Å²) >= 11 is 0. The maximum atomic E-state index is 13.3. The number of aromatic nitrogens is 4. The zero-order chi connectivity index (χ0) is 27.8. The first-order valence-corrected chi connectivity index (χ1v) is 14.1. The van der Waals surface area contributed by atoms with Crippen molar-refractivity contribution in [2.24, 2.45) is 0 Å². The molecule has 9 nitrogen and oxygen atoms in total. The van der Waals surface area contributed by atoms with Gasteiger partial charge in [0.2, 0.25) is 5.95 Å². The molecule has 9 heteroatoms. The van der Waals surface area contributed by atoms with Crippen molar-refractivity contribution in [3.63, 3.8) is 0 Å². The summed E-state index contributed by atoms with van der Waals surface area (Å²) in [6.45, 7) is 11.6. The number of hydrogen-bond donors (Lipinski definition) is 1. The van der Waals surface area contributed by atoms with Crippen molar-refractivity contribution >= 4 is 28.4 Å². The van der Waals surface area contributed by atoms with Crippen LogP contribution in [0.3, 0.4) is 0 Å². The highest BCUT2D eigenvalue weighted by Crippen LogP contribution is 2.30. The average molecular weight is 539 g/mol. The number of allylic oxidation sites excluding steroid dienone is 1. The van der Waals surface area contributed by atoms with Gasteiger partial charge in [0.1, 0.15) is 5.39 Å². The lowest BCUT2D eigenvalue weighted by Gasteiger charge is -2.37. The van der Waals surface area contributed by atoms with Gasteiger partial charge >= 0.3 is 0 Å². The van der Waals surface area contributed by atoms with E-state index in [1.165, 1.54) is 24.1 Å².